The van der Waals surface area contributed by atoms with E-state index in [-0.39, 0.29) is 43.5 Å². The smallest absolute Gasteiger partial charge is 0.162 e. The van der Waals surface area contributed by atoms with Gasteiger partial charge in [-0.15, -0.1) is 0 Å². The minimum absolute atomic E-state index is 0. The number of hydrogen-bond donors (Lipinski definition) is 1. The number of ketones is 1. The van der Waals surface area contributed by atoms with E-state index in [2.05, 4.69) is 131 Å². The minimum Gasteiger partial charge on any atom is -0.512 e. The topological polar surface area (TPSA) is 50.2 Å². The summed E-state index contributed by atoms with van der Waals surface area (Å²) in [6.07, 6.45) is 4.91. The zero-order valence-electron chi connectivity index (χ0n) is 33.7. The van der Waals surface area contributed by atoms with Gasteiger partial charge in [0.05, 0.1) is 5.76 Å². The van der Waals surface area contributed by atoms with Crippen LogP contribution in [0.15, 0.2) is 121 Å². The number of aromatic nitrogens is 1. The summed E-state index contributed by atoms with van der Waals surface area (Å²) >= 11 is -0.619. The maximum atomic E-state index is 11.7. The molecule has 0 saturated heterocycles. The van der Waals surface area contributed by atoms with Crippen LogP contribution in [0.5, 0.6) is 0 Å². The molecule has 1 N–H and O–H groups in total. The molecule has 55 heavy (non-hydrogen) atoms. The van der Waals surface area contributed by atoms with Crippen molar-refractivity contribution < 1.29 is 30.0 Å². The summed E-state index contributed by atoms with van der Waals surface area (Å²) in [6, 6.07) is 42.9. The molecule has 0 unspecified atom stereocenters. The first-order valence-corrected chi connectivity index (χ1v) is 22.1. The second kappa shape index (κ2) is 21.1. The fourth-order valence-electron chi connectivity index (χ4n) is 7.13. The Morgan fingerprint density at radius 3 is 1.76 bits per heavy atom. The van der Waals surface area contributed by atoms with Gasteiger partial charge in [0.15, 0.2) is 5.78 Å². The van der Waals surface area contributed by atoms with Crippen LogP contribution < -0.4 is 0 Å². The summed E-state index contributed by atoms with van der Waals surface area (Å²) in [4.78, 5) is 16.8. The van der Waals surface area contributed by atoms with Crippen LogP contribution in [-0.4, -0.2) is 36.3 Å². The Morgan fingerprint density at radius 2 is 1.24 bits per heavy atom. The van der Waals surface area contributed by atoms with Gasteiger partial charge in [0.2, 0.25) is 0 Å². The first-order chi connectivity index (χ1) is 26.1. The maximum Gasteiger partial charge on any atom is 0.162 e. The number of nitrogens with zero attached hydrogens (tertiary/aromatic N) is 1. The molecule has 1 aromatic heterocycles. The molecule has 0 atom stereocenters. The van der Waals surface area contributed by atoms with E-state index in [0.717, 1.165) is 36.8 Å². The van der Waals surface area contributed by atoms with E-state index in [4.69, 9.17) is 4.98 Å². The third kappa shape index (κ3) is 10.8. The van der Waals surface area contributed by atoms with Crippen molar-refractivity contribution in [1.29, 1.82) is 0 Å². The van der Waals surface area contributed by atoms with E-state index in [1.165, 1.54) is 57.7 Å². The largest absolute Gasteiger partial charge is 0.512 e. The van der Waals surface area contributed by atoms with Crippen molar-refractivity contribution in [2.45, 2.75) is 92.9 Å². The Morgan fingerprint density at radius 1 is 0.691 bits per heavy atom. The van der Waals surface area contributed by atoms with Crippen molar-refractivity contribution in [3.05, 3.63) is 138 Å². The van der Waals surface area contributed by atoms with Crippen LogP contribution in [-0.2, 0) is 24.9 Å². The molecule has 0 aliphatic heterocycles. The fraction of sp³-hybridized carbons (Fsp3) is 0.320. The molecule has 0 saturated carbocycles. The fourth-order valence-corrected chi connectivity index (χ4v) is 10.2. The Balaban J connectivity index is 0.000000360. The van der Waals surface area contributed by atoms with E-state index < -0.39 is 20.4 Å². The third-order valence-corrected chi connectivity index (χ3v) is 13.7. The Hall–Kier alpha value is -3.58. The Bertz CT molecular complexity index is 2110. The van der Waals surface area contributed by atoms with Crippen LogP contribution in [0, 0.1) is 17.9 Å². The SMILES string of the molecule is CC(C)c1cc(-c2ccc(-c3ccccc3)cc2)cc(C(C)C)c1-c1cccc2nc(-c3[c-]cccc3)[te]c12.CCC(CC)C(=O)/C=C(\O)C(CC)CC.[Ir]. The third-order valence-electron chi connectivity index (χ3n) is 10.5. The first-order valence-electron chi connectivity index (χ1n) is 19.7. The summed E-state index contributed by atoms with van der Waals surface area (Å²) < 4.78 is 2.69. The zero-order chi connectivity index (χ0) is 38.8. The van der Waals surface area contributed by atoms with Crippen molar-refractivity contribution in [1.82, 2.24) is 4.98 Å². The molecule has 3 nitrogen and oxygen atoms in total. The second-order valence-corrected chi connectivity index (χ2v) is 17.6. The molecule has 1 heterocycles. The predicted molar refractivity (Wildman–Crippen MR) is 231 cm³/mol. The van der Waals surface area contributed by atoms with Gasteiger partial charge in [-0.2, -0.15) is 0 Å². The van der Waals surface area contributed by atoms with Gasteiger partial charge in [0.25, 0.3) is 0 Å². The molecular formula is C50H56IrNO2Te-. The van der Waals surface area contributed by atoms with E-state index in [1.807, 2.05) is 39.8 Å². The minimum atomic E-state index is -0.619. The number of aliphatic hydroxyl groups is 1. The average molecular weight is 1020 g/mol. The predicted octanol–water partition coefficient (Wildman–Crippen LogP) is 13.9. The normalized spacial score (nSPS) is 11.6. The molecule has 0 aliphatic carbocycles. The standard InChI is InChI=1S/C37H32NTe.C13H24O2.Ir/c1-24(2)32-22-30(28-20-18-27(19-21-28)26-12-7-5-8-13-26)23-33(25(3)4)35(32)31-16-11-17-34-36(31)39-37(38-34)29-14-9-6-10-15-29;1-5-10(6-2)12(14)9-13(15)11(7-3)8-4;/h5-14,16-25H,1-4H3;9-11,14H,5-8H2,1-4H3;/q-1;;/b;12-9-;. The van der Waals surface area contributed by atoms with Crippen LogP contribution in [0.25, 0.3) is 51.6 Å². The van der Waals surface area contributed by atoms with Crippen molar-refractivity contribution in [3.63, 3.8) is 0 Å². The molecule has 0 bridgehead atoms. The van der Waals surface area contributed by atoms with E-state index >= 15 is 0 Å². The molecule has 1 radical (unpaired) electrons. The first kappa shape index (κ1) is 44.1. The molecule has 289 valence electrons. The van der Waals surface area contributed by atoms with E-state index in [0.29, 0.717) is 11.8 Å². The quantitative estimate of drug-likeness (QED) is 0.0543. The maximum absolute atomic E-state index is 11.7. The van der Waals surface area contributed by atoms with Gasteiger partial charge in [0.1, 0.15) is 0 Å². The molecular weight excluding hydrogens is 966 g/mol. The number of allylic oxidation sites excluding steroid dienone is 2. The summed E-state index contributed by atoms with van der Waals surface area (Å²) in [6.45, 7) is 17.4. The average Bonchev–Trinajstić information content (AvgIpc) is 3.64. The Labute approximate surface area is 353 Å². The molecule has 0 aliphatic rings. The molecule has 0 fully saturated rings. The summed E-state index contributed by atoms with van der Waals surface area (Å²) in [5.41, 5.74) is 13.0. The number of benzene rings is 5. The molecule has 0 amide bonds. The van der Waals surface area contributed by atoms with Crippen molar-refractivity contribution in [2.24, 2.45) is 11.8 Å². The van der Waals surface area contributed by atoms with Gasteiger partial charge < -0.3 is 5.11 Å². The van der Waals surface area contributed by atoms with E-state index in [1.54, 1.807) is 0 Å². The number of carbonyl (C=O) groups is 1. The van der Waals surface area contributed by atoms with Crippen molar-refractivity contribution >= 4 is 35.1 Å². The zero-order valence-corrected chi connectivity index (χ0v) is 38.4. The summed E-state index contributed by atoms with van der Waals surface area (Å²) in [7, 11) is 0. The van der Waals surface area contributed by atoms with Crippen molar-refractivity contribution in [2.75, 3.05) is 0 Å². The van der Waals surface area contributed by atoms with Crippen LogP contribution in [0.3, 0.4) is 0 Å². The van der Waals surface area contributed by atoms with Gasteiger partial charge in [-0.1, -0.05) is 45.9 Å². The van der Waals surface area contributed by atoms with Crippen molar-refractivity contribution in [3.8, 4) is 42.7 Å². The van der Waals surface area contributed by atoms with Gasteiger partial charge in [-0.05, 0) is 25.7 Å². The van der Waals surface area contributed by atoms with Gasteiger partial charge in [0, 0.05) is 38.0 Å². The van der Waals surface area contributed by atoms with E-state index in [9.17, 15) is 9.90 Å². The molecule has 6 aromatic rings. The Kier molecular flexibility index (Phi) is 16.9. The molecule has 5 heteroatoms. The number of aliphatic hydroxyl groups excluding tert-OH is 1. The molecule has 0 spiro atoms. The van der Waals surface area contributed by atoms with Crippen LogP contribution in [0.1, 0.15) is 104 Å². The molecule has 6 rings (SSSR count). The van der Waals surface area contributed by atoms with Gasteiger partial charge in [-0.25, -0.2) is 0 Å². The van der Waals surface area contributed by atoms with Crippen LogP contribution >= 0.6 is 0 Å². The van der Waals surface area contributed by atoms with Gasteiger partial charge >= 0.3 is 225 Å². The summed E-state index contributed by atoms with van der Waals surface area (Å²) in [5, 5.41) is 9.76. The number of rotatable bonds is 13. The van der Waals surface area contributed by atoms with Gasteiger partial charge in [-0.3, -0.25) is 4.79 Å². The van der Waals surface area contributed by atoms with Crippen LogP contribution in [0.4, 0.5) is 0 Å². The van der Waals surface area contributed by atoms with Crippen LogP contribution in [0.2, 0.25) is 0 Å². The number of carbonyl (C=O) groups excluding carboxylic acids is 1. The number of fused-ring (bicyclic) bond motifs is 1. The number of hydrogen-bond acceptors (Lipinski definition) is 3. The molecule has 5 aromatic carbocycles. The second-order valence-electron chi connectivity index (χ2n) is 14.7. The monoisotopic (exact) mass is 1030 g/mol. The summed E-state index contributed by atoms with van der Waals surface area (Å²) in [5.74, 6) is 1.36.